The molecule has 0 saturated carbocycles. The molecule has 0 saturated heterocycles. The van der Waals surface area contributed by atoms with Gasteiger partial charge in [0.25, 0.3) is 0 Å². The molecule has 0 aliphatic rings. The summed E-state index contributed by atoms with van der Waals surface area (Å²) in [6.45, 7) is 2.82. The number of aromatic nitrogens is 3. The lowest BCUT2D eigenvalue weighted by atomic mass is 10.2. The van der Waals surface area contributed by atoms with Crippen molar-refractivity contribution in [2.75, 3.05) is 5.32 Å². The second-order valence-corrected chi connectivity index (χ2v) is 5.66. The lowest BCUT2D eigenvalue weighted by Crippen LogP contribution is -2.00. The Balaban J connectivity index is 1.70. The average Bonchev–Trinajstić information content (AvgIpc) is 3.07. The fraction of sp³-hybridized carbons (Fsp3) is 0.200. The summed E-state index contributed by atoms with van der Waals surface area (Å²) in [5, 5.41) is 8.54. The lowest BCUT2D eigenvalue weighted by Gasteiger charge is -2.02. The summed E-state index contributed by atoms with van der Waals surface area (Å²) in [5.41, 5.74) is 3.58. The zero-order valence-corrected chi connectivity index (χ0v) is 12.3. The predicted octanol–water partition coefficient (Wildman–Crippen LogP) is 3.46. The molecular formula is C15H16N4S. The molecule has 0 aliphatic heterocycles. The summed E-state index contributed by atoms with van der Waals surface area (Å²) in [4.78, 5) is 5.60. The number of benzene rings is 1. The van der Waals surface area contributed by atoms with E-state index in [2.05, 4.69) is 34.5 Å². The fourth-order valence-electron chi connectivity index (χ4n) is 1.98. The molecule has 102 valence electrons. The second-order valence-electron chi connectivity index (χ2n) is 4.63. The summed E-state index contributed by atoms with van der Waals surface area (Å²) in [7, 11) is 1.95. The molecule has 3 aromatic rings. The van der Waals surface area contributed by atoms with Crippen molar-refractivity contribution in [3.05, 3.63) is 54.0 Å². The molecule has 2 aromatic heterocycles. The minimum Gasteiger partial charge on any atom is -0.357 e. The molecule has 0 radical (unpaired) electrons. The Hall–Kier alpha value is -2.14. The summed E-state index contributed by atoms with van der Waals surface area (Å²) >= 11 is 1.67. The van der Waals surface area contributed by atoms with Crippen molar-refractivity contribution in [1.29, 1.82) is 0 Å². The highest BCUT2D eigenvalue weighted by molar-refractivity contribution is 7.18. The van der Waals surface area contributed by atoms with E-state index in [9.17, 15) is 0 Å². The largest absolute Gasteiger partial charge is 0.357 e. The van der Waals surface area contributed by atoms with E-state index >= 15 is 0 Å². The third kappa shape index (κ3) is 2.58. The number of rotatable bonds is 4. The molecule has 0 bridgehead atoms. The van der Waals surface area contributed by atoms with Gasteiger partial charge in [0.2, 0.25) is 0 Å². The first kappa shape index (κ1) is 12.9. The maximum absolute atomic E-state index is 4.42. The number of thiazole rings is 1. The molecule has 0 aliphatic carbocycles. The van der Waals surface area contributed by atoms with Crippen LogP contribution in [0.25, 0.3) is 10.4 Å². The van der Waals surface area contributed by atoms with E-state index in [4.69, 9.17) is 0 Å². The van der Waals surface area contributed by atoms with Crippen LogP contribution in [0, 0.1) is 6.92 Å². The fourth-order valence-corrected chi connectivity index (χ4v) is 2.80. The van der Waals surface area contributed by atoms with Crippen LogP contribution >= 0.6 is 11.3 Å². The molecule has 5 heteroatoms. The Labute approximate surface area is 122 Å². The molecule has 0 spiro atoms. The first-order valence-electron chi connectivity index (χ1n) is 6.46. The maximum Gasteiger partial charge on any atom is 0.183 e. The molecule has 0 unspecified atom stereocenters. The maximum atomic E-state index is 4.42. The number of hydrogen-bond donors (Lipinski definition) is 1. The molecule has 0 atom stereocenters. The molecule has 0 amide bonds. The van der Waals surface area contributed by atoms with Crippen LogP contribution in [0.4, 0.5) is 5.13 Å². The van der Waals surface area contributed by atoms with Crippen molar-refractivity contribution in [3.8, 4) is 10.4 Å². The van der Waals surface area contributed by atoms with Crippen LogP contribution in [-0.4, -0.2) is 14.8 Å². The van der Waals surface area contributed by atoms with Gasteiger partial charge < -0.3 is 5.32 Å². The smallest absolute Gasteiger partial charge is 0.183 e. The third-order valence-electron chi connectivity index (χ3n) is 3.33. The average molecular weight is 284 g/mol. The van der Waals surface area contributed by atoms with Crippen LogP contribution in [0.3, 0.4) is 0 Å². The predicted molar refractivity (Wildman–Crippen MR) is 82.8 cm³/mol. The van der Waals surface area contributed by atoms with Gasteiger partial charge in [0, 0.05) is 31.0 Å². The van der Waals surface area contributed by atoms with Crippen LogP contribution in [0.15, 0.2) is 42.7 Å². The first-order chi connectivity index (χ1) is 9.74. The SMILES string of the molecule is Cc1c(CNc2ncc(-c3ccccc3)s2)cnn1C. The number of nitrogens with one attached hydrogen (secondary N) is 1. The van der Waals surface area contributed by atoms with Gasteiger partial charge in [-0.25, -0.2) is 4.98 Å². The van der Waals surface area contributed by atoms with E-state index in [1.54, 1.807) is 11.3 Å². The van der Waals surface area contributed by atoms with Crippen molar-refractivity contribution in [1.82, 2.24) is 14.8 Å². The topological polar surface area (TPSA) is 42.7 Å². The number of hydrogen-bond acceptors (Lipinski definition) is 4. The van der Waals surface area contributed by atoms with E-state index in [0.29, 0.717) is 0 Å². The van der Waals surface area contributed by atoms with Gasteiger partial charge in [-0.1, -0.05) is 41.7 Å². The highest BCUT2D eigenvalue weighted by atomic mass is 32.1. The van der Waals surface area contributed by atoms with Gasteiger partial charge in [0.15, 0.2) is 5.13 Å². The first-order valence-corrected chi connectivity index (χ1v) is 7.28. The van der Waals surface area contributed by atoms with Gasteiger partial charge in [-0.3, -0.25) is 4.68 Å². The van der Waals surface area contributed by atoms with Crippen molar-refractivity contribution in [2.24, 2.45) is 7.05 Å². The van der Waals surface area contributed by atoms with Gasteiger partial charge >= 0.3 is 0 Å². The minimum absolute atomic E-state index is 0.751. The quantitative estimate of drug-likeness (QED) is 0.797. The summed E-state index contributed by atoms with van der Waals surface area (Å²) in [6.07, 6.45) is 3.81. The zero-order valence-electron chi connectivity index (χ0n) is 11.5. The molecule has 1 N–H and O–H groups in total. The van der Waals surface area contributed by atoms with Gasteiger partial charge in [0.1, 0.15) is 0 Å². The summed E-state index contributed by atoms with van der Waals surface area (Å²) in [6, 6.07) is 10.3. The molecular weight excluding hydrogens is 268 g/mol. The molecule has 2 heterocycles. The standard InChI is InChI=1S/C15H16N4S/c1-11-13(9-18-19(11)2)8-16-15-17-10-14(20-15)12-6-4-3-5-7-12/h3-7,9-10H,8H2,1-2H3,(H,16,17). The van der Waals surface area contributed by atoms with Crippen LogP contribution in [-0.2, 0) is 13.6 Å². The molecule has 3 rings (SSSR count). The summed E-state index contributed by atoms with van der Waals surface area (Å²) in [5.74, 6) is 0. The summed E-state index contributed by atoms with van der Waals surface area (Å²) < 4.78 is 1.88. The molecule has 0 fully saturated rings. The van der Waals surface area contributed by atoms with Gasteiger partial charge in [-0.2, -0.15) is 5.10 Å². The molecule has 20 heavy (non-hydrogen) atoms. The van der Waals surface area contributed by atoms with Crippen molar-refractivity contribution in [3.63, 3.8) is 0 Å². The van der Waals surface area contributed by atoms with Crippen LogP contribution in [0.5, 0.6) is 0 Å². The monoisotopic (exact) mass is 284 g/mol. The minimum atomic E-state index is 0.751. The van der Waals surface area contributed by atoms with Gasteiger partial charge in [-0.15, -0.1) is 0 Å². The van der Waals surface area contributed by atoms with Crippen LogP contribution in [0.1, 0.15) is 11.3 Å². The Kier molecular flexibility index (Phi) is 3.52. The second kappa shape index (κ2) is 5.46. The van der Waals surface area contributed by atoms with Gasteiger partial charge in [0.05, 0.1) is 11.1 Å². The Morgan fingerprint density at radius 1 is 1.20 bits per heavy atom. The zero-order chi connectivity index (χ0) is 13.9. The Morgan fingerprint density at radius 2 is 2.00 bits per heavy atom. The van der Waals surface area contributed by atoms with Crippen LogP contribution < -0.4 is 5.32 Å². The highest BCUT2D eigenvalue weighted by Gasteiger charge is 2.06. The lowest BCUT2D eigenvalue weighted by molar-refractivity contribution is 0.738. The van der Waals surface area contributed by atoms with E-state index in [1.807, 2.05) is 42.3 Å². The van der Waals surface area contributed by atoms with E-state index in [0.717, 1.165) is 11.7 Å². The highest BCUT2D eigenvalue weighted by Crippen LogP contribution is 2.28. The number of nitrogens with zero attached hydrogens (tertiary/aromatic N) is 3. The van der Waals surface area contributed by atoms with E-state index in [-0.39, 0.29) is 0 Å². The van der Waals surface area contributed by atoms with E-state index < -0.39 is 0 Å². The number of aryl methyl sites for hydroxylation is 1. The van der Waals surface area contributed by atoms with Crippen molar-refractivity contribution < 1.29 is 0 Å². The van der Waals surface area contributed by atoms with Crippen molar-refractivity contribution >= 4 is 16.5 Å². The Morgan fingerprint density at radius 3 is 2.70 bits per heavy atom. The molecule has 4 nitrogen and oxygen atoms in total. The third-order valence-corrected chi connectivity index (χ3v) is 4.34. The van der Waals surface area contributed by atoms with Crippen LogP contribution in [0.2, 0.25) is 0 Å². The van der Waals surface area contributed by atoms with Crippen molar-refractivity contribution in [2.45, 2.75) is 13.5 Å². The number of anilines is 1. The normalized spacial score (nSPS) is 10.7. The Bertz CT molecular complexity index is 700. The van der Waals surface area contributed by atoms with Gasteiger partial charge in [-0.05, 0) is 12.5 Å². The molecule has 1 aromatic carbocycles. The van der Waals surface area contributed by atoms with E-state index in [1.165, 1.54) is 21.7 Å².